The Labute approximate surface area is 201 Å². The van der Waals surface area contributed by atoms with Gasteiger partial charge in [-0.2, -0.15) is 0 Å². The lowest BCUT2D eigenvalue weighted by atomic mass is 9.92. The van der Waals surface area contributed by atoms with Gasteiger partial charge in [0.2, 0.25) is 5.91 Å². The van der Waals surface area contributed by atoms with E-state index in [0.717, 1.165) is 75.6 Å². The van der Waals surface area contributed by atoms with Crippen molar-refractivity contribution in [1.29, 1.82) is 0 Å². The van der Waals surface area contributed by atoms with Crippen LogP contribution in [0.1, 0.15) is 81.3 Å². The lowest BCUT2D eigenvalue weighted by Crippen LogP contribution is -2.36. The molecule has 34 heavy (non-hydrogen) atoms. The molecular formula is C25H37N7O2. The normalized spacial score (nSPS) is 24.0. The molecule has 3 aliphatic heterocycles. The van der Waals surface area contributed by atoms with Crippen LogP contribution in [0.5, 0.6) is 0 Å². The Bertz CT molecular complexity index is 1030. The minimum absolute atomic E-state index is 0.0274. The van der Waals surface area contributed by atoms with Gasteiger partial charge in [-0.1, -0.05) is 20.8 Å². The summed E-state index contributed by atoms with van der Waals surface area (Å²) in [7, 11) is 0. The lowest BCUT2D eigenvalue weighted by molar-refractivity contribution is -0.116. The lowest BCUT2D eigenvalue weighted by Gasteiger charge is -2.35. The van der Waals surface area contributed by atoms with Crippen molar-refractivity contribution in [2.75, 3.05) is 42.9 Å². The number of nitrogens with zero attached hydrogens (tertiary/aromatic N) is 6. The first-order chi connectivity index (χ1) is 16.4. The van der Waals surface area contributed by atoms with Gasteiger partial charge in [-0.15, -0.1) is 0 Å². The van der Waals surface area contributed by atoms with Gasteiger partial charge in [-0.25, -0.2) is 15.0 Å². The summed E-state index contributed by atoms with van der Waals surface area (Å²) in [5.41, 5.74) is 2.23. The summed E-state index contributed by atoms with van der Waals surface area (Å²) < 4.78 is 2.37. The van der Waals surface area contributed by atoms with Gasteiger partial charge in [0.15, 0.2) is 0 Å². The summed E-state index contributed by atoms with van der Waals surface area (Å²) in [6.07, 6.45) is 7.03. The van der Waals surface area contributed by atoms with Crippen LogP contribution in [0.2, 0.25) is 0 Å². The van der Waals surface area contributed by atoms with Crippen molar-refractivity contribution >= 4 is 17.5 Å². The number of piperidine rings is 1. The van der Waals surface area contributed by atoms with Gasteiger partial charge in [-0.3, -0.25) is 9.69 Å². The van der Waals surface area contributed by atoms with Gasteiger partial charge in [0.05, 0.1) is 11.8 Å². The number of hydrogen-bond donors (Lipinski definition) is 2. The second-order valence-corrected chi connectivity index (χ2v) is 10.5. The molecule has 5 heterocycles. The highest BCUT2D eigenvalue weighted by molar-refractivity contribution is 5.94. The van der Waals surface area contributed by atoms with E-state index in [4.69, 9.17) is 4.98 Å². The largest absolute Gasteiger partial charge is 0.392 e. The minimum atomic E-state index is -0.179. The summed E-state index contributed by atoms with van der Waals surface area (Å²) in [5.74, 6) is 3.80. The summed E-state index contributed by atoms with van der Waals surface area (Å²) in [6, 6.07) is 0. The quantitative estimate of drug-likeness (QED) is 0.674. The summed E-state index contributed by atoms with van der Waals surface area (Å²) in [6.45, 7) is 11.9. The number of carbonyl (C=O) groups excluding carboxylic acids is 1. The maximum absolute atomic E-state index is 11.9. The molecule has 1 amide bonds. The highest BCUT2D eigenvalue weighted by atomic mass is 16.3. The third-order valence-corrected chi connectivity index (χ3v) is 7.59. The van der Waals surface area contributed by atoms with Crippen LogP contribution in [0.15, 0.2) is 12.5 Å². The average Bonchev–Trinajstić information content (AvgIpc) is 3.43. The summed E-state index contributed by atoms with van der Waals surface area (Å²) in [5, 5.41) is 12.8. The van der Waals surface area contributed by atoms with E-state index in [1.165, 1.54) is 5.82 Å². The van der Waals surface area contributed by atoms with Gasteiger partial charge < -0.3 is 19.9 Å². The van der Waals surface area contributed by atoms with E-state index in [0.29, 0.717) is 24.1 Å². The predicted molar refractivity (Wildman–Crippen MR) is 131 cm³/mol. The zero-order valence-corrected chi connectivity index (χ0v) is 20.6. The van der Waals surface area contributed by atoms with Gasteiger partial charge >= 0.3 is 0 Å². The average molecular weight is 468 g/mol. The summed E-state index contributed by atoms with van der Waals surface area (Å²) >= 11 is 0. The first-order valence-corrected chi connectivity index (χ1v) is 12.8. The fourth-order valence-electron chi connectivity index (χ4n) is 5.60. The molecule has 2 aromatic heterocycles. The van der Waals surface area contributed by atoms with E-state index in [2.05, 4.69) is 56.6 Å². The van der Waals surface area contributed by atoms with Gasteiger partial charge in [0.25, 0.3) is 0 Å². The Balaban J connectivity index is 1.29. The zero-order valence-electron chi connectivity index (χ0n) is 20.6. The van der Waals surface area contributed by atoms with E-state index < -0.39 is 0 Å². The monoisotopic (exact) mass is 467 g/mol. The molecule has 9 nitrogen and oxygen atoms in total. The van der Waals surface area contributed by atoms with Crippen LogP contribution in [0.25, 0.3) is 0 Å². The Hall–Kier alpha value is -2.52. The first kappa shape index (κ1) is 23.2. The Morgan fingerprint density at radius 2 is 1.94 bits per heavy atom. The molecule has 2 fully saturated rings. The maximum Gasteiger partial charge on any atom is 0.226 e. The van der Waals surface area contributed by atoms with Gasteiger partial charge in [0.1, 0.15) is 23.8 Å². The molecular weight excluding hydrogens is 430 g/mol. The molecule has 0 bridgehead atoms. The number of carbonyl (C=O) groups is 1. The van der Waals surface area contributed by atoms with Crippen LogP contribution in [-0.4, -0.2) is 74.3 Å². The van der Waals surface area contributed by atoms with Crippen molar-refractivity contribution < 1.29 is 9.90 Å². The number of aliphatic hydroxyl groups is 1. The number of nitrogens with one attached hydrogen (secondary N) is 1. The molecule has 5 rings (SSSR count). The van der Waals surface area contributed by atoms with Crippen molar-refractivity contribution in [1.82, 2.24) is 24.4 Å². The number of aromatic nitrogens is 4. The smallest absolute Gasteiger partial charge is 0.226 e. The number of anilines is 2. The van der Waals surface area contributed by atoms with Crippen LogP contribution in [0.3, 0.4) is 0 Å². The number of aliphatic hydroxyl groups excluding tert-OH is 1. The molecule has 2 saturated heterocycles. The molecule has 2 atom stereocenters. The Morgan fingerprint density at radius 3 is 2.65 bits per heavy atom. The highest BCUT2D eigenvalue weighted by Gasteiger charge is 2.32. The zero-order chi connectivity index (χ0) is 23.8. The fraction of sp³-hybridized carbons (Fsp3) is 0.680. The van der Waals surface area contributed by atoms with Crippen LogP contribution >= 0.6 is 0 Å². The molecule has 2 aromatic rings. The van der Waals surface area contributed by atoms with Crippen LogP contribution in [-0.2, 0) is 11.3 Å². The molecule has 184 valence electrons. The Kier molecular flexibility index (Phi) is 6.57. The molecule has 3 aliphatic rings. The van der Waals surface area contributed by atoms with Crippen molar-refractivity contribution in [3.05, 3.63) is 29.6 Å². The van der Waals surface area contributed by atoms with E-state index in [-0.39, 0.29) is 17.9 Å². The number of β-amino-alcohol motifs (C(OH)–C–C–N with tert-alkyl or cyclic N) is 1. The van der Waals surface area contributed by atoms with Crippen molar-refractivity contribution in [2.24, 2.45) is 0 Å². The number of amides is 1. The highest BCUT2D eigenvalue weighted by Crippen LogP contribution is 2.38. The SMILES string of the molecule is CC(C)c1cn(CCN2CCC(O)C2)c(C2CCN(c3ncnc4c3C(C)CC(=O)N4)CC2)n1. The number of likely N-dealkylation sites (tertiary alicyclic amines) is 1. The number of fused-ring (bicyclic) bond motifs is 1. The Morgan fingerprint density at radius 1 is 1.15 bits per heavy atom. The van der Waals surface area contributed by atoms with E-state index in [1.54, 1.807) is 6.33 Å². The predicted octanol–water partition coefficient (Wildman–Crippen LogP) is 2.69. The van der Waals surface area contributed by atoms with Crippen LogP contribution < -0.4 is 10.2 Å². The third kappa shape index (κ3) is 4.68. The van der Waals surface area contributed by atoms with Crippen LogP contribution in [0.4, 0.5) is 11.6 Å². The second-order valence-electron chi connectivity index (χ2n) is 10.5. The van der Waals surface area contributed by atoms with E-state index in [9.17, 15) is 9.90 Å². The number of imidazole rings is 1. The summed E-state index contributed by atoms with van der Waals surface area (Å²) in [4.78, 5) is 30.7. The standard InChI is InChI=1S/C25H37N7O2/c1-16(2)20-14-32(11-10-30-7-6-19(33)13-30)24(28-20)18-4-8-31(9-5-18)25-22-17(3)12-21(34)29-23(22)26-15-27-25/h14-19,33H,4-13H2,1-3H3,(H,26,27,29,34). The van der Waals surface area contributed by atoms with Gasteiger partial charge in [0, 0.05) is 63.4 Å². The molecule has 9 heteroatoms. The second kappa shape index (κ2) is 9.62. The number of rotatable bonds is 6. The van der Waals surface area contributed by atoms with Gasteiger partial charge in [-0.05, 0) is 31.1 Å². The van der Waals surface area contributed by atoms with Crippen molar-refractivity contribution in [3.8, 4) is 0 Å². The van der Waals surface area contributed by atoms with E-state index in [1.807, 2.05) is 0 Å². The fourth-order valence-corrected chi connectivity index (χ4v) is 5.60. The van der Waals surface area contributed by atoms with E-state index >= 15 is 0 Å². The number of hydrogen-bond acceptors (Lipinski definition) is 7. The molecule has 2 unspecified atom stereocenters. The topological polar surface area (TPSA) is 99.4 Å². The maximum atomic E-state index is 11.9. The van der Waals surface area contributed by atoms with Crippen LogP contribution in [0, 0.1) is 0 Å². The van der Waals surface area contributed by atoms with Crippen molar-refractivity contribution in [3.63, 3.8) is 0 Å². The molecule has 0 aliphatic carbocycles. The third-order valence-electron chi connectivity index (χ3n) is 7.59. The van der Waals surface area contributed by atoms with Crippen molar-refractivity contribution in [2.45, 2.75) is 76.9 Å². The molecule has 0 spiro atoms. The molecule has 0 radical (unpaired) electrons. The first-order valence-electron chi connectivity index (χ1n) is 12.8. The molecule has 2 N–H and O–H groups in total. The molecule has 0 aromatic carbocycles. The molecule has 0 saturated carbocycles. The minimum Gasteiger partial charge on any atom is -0.392 e.